The second kappa shape index (κ2) is 30.3. The van der Waals surface area contributed by atoms with Gasteiger partial charge in [-0.1, -0.05) is 352 Å². The third kappa shape index (κ3) is 12.9. The van der Waals surface area contributed by atoms with Crippen LogP contribution >= 0.6 is 22.7 Å². The lowest BCUT2D eigenvalue weighted by molar-refractivity contribution is 1.07. The molecule has 18 aromatic carbocycles. The predicted molar refractivity (Wildman–Crippen MR) is 511 cm³/mol. The van der Waals surface area contributed by atoms with Crippen LogP contribution in [0.1, 0.15) is 13.7 Å². The second-order valence-electron chi connectivity index (χ2n) is 30.1. The van der Waals surface area contributed by atoms with Gasteiger partial charge in [-0.2, -0.15) is 0 Å². The highest BCUT2D eigenvalue weighted by molar-refractivity contribution is 7.26. The number of rotatable bonds is 13. The lowest BCUT2D eigenvalue weighted by Crippen LogP contribution is -2.01. The molecule has 0 bridgehead atoms. The lowest BCUT2D eigenvalue weighted by Gasteiger charge is -2.13. The zero-order valence-electron chi connectivity index (χ0n) is 75.0. The van der Waals surface area contributed by atoms with Crippen LogP contribution in [-0.4, -0.2) is 39.0 Å². The Bertz CT molecular complexity index is 8660. The van der Waals surface area contributed by atoms with Crippen LogP contribution in [0.25, 0.3) is 230 Å². The van der Waals surface area contributed by atoms with Gasteiger partial charge in [-0.3, -0.25) is 0 Å². The number of benzene rings is 18. The van der Waals surface area contributed by atoms with Crippen molar-refractivity contribution in [2.45, 2.75) is 0 Å². The van der Waals surface area contributed by atoms with Crippen LogP contribution in [0.3, 0.4) is 0 Å². The molecule has 24 rings (SSSR count). The summed E-state index contributed by atoms with van der Waals surface area (Å²) in [7, 11) is 0. The minimum Gasteiger partial charge on any atom is -0.309 e. The van der Waals surface area contributed by atoms with Crippen molar-refractivity contribution in [1.29, 1.82) is 0 Å². The lowest BCUT2D eigenvalue weighted by atomic mass is 9.97. The summed E-state index contributed by atoms with van der Waals surface area (Å²) in [5, 5.41) is 11.0. The van der Waals surface area contributed by atoms with E-state index in [1.54, 1.807) is 22.7 Å². The van der Waals surface area contributed by atoms with Gasteiger partial charge in [0.2, 0.25) is 0 Å². The standard InChI is InChI=1S/C57H36N4S.C55H34N4S/c1-4-14-37(15-5-1)39-24-26-40(27-25-39)41-28-30-43(31-29-41)56-58-55(42-18-8-3-9-19-42)59-57(60-56)50-36-45(61-51-22-12-10-20-46(51)47-21-11-13-23-52(47)61)35-49-48-34-44(38-16-6-2-7-17-38)32-33-53(48)62-54(49)50;1-3-14-35(15-4-1)40-30-31-51-46(32-40)47-33-41(59-49-24-11-9-21-44(49)45-22-10-12-25-50(45)59)34-48(52(47)60-51)55-57-53(38-17-5-2-6-18-38)56-54(58-55)39-28-26-37(27-29-39)43-23-13-19-36-16-7-8-20-42(36)43/h1-36H;1-34H/i3D,8D,9D,18D,19D;2D,5D,6D,17D,18D. The highest BCUT2D eigenvalue weighted by Gasteiger charge is 2.25. The van der Waals surface area contributed by atoms with Crippen molar-refractivity contribution in [3.05, 3.63) is 424 Å². The highest BCUT2D eigenvalue weighted by Crippen LogP contribution is 2.48. The molecule has 6 heterocycles. The summed E-state index contributed by atoms with van der Waals surface area (Å²) in [6.45, 7) is 0. The van der Waals surface area contributed by atoms with Crippen LogP contribution in [0.2, 0.25) is 0 Å². The van der Waals surface area contributed by atoms with Gasteiger partial charge in [0.25, 0.3) is 0 Å². The van der Waals surface area contributed by atoms with Crippen molar-refractivity contribution in [3.8, 4) is 135 Å². The quantitative estimate of drug-likeness (QED) is 0.114. The number of fused-ring (bicyclic) bond motifs is 13. The molecule has 0 aliphatic heterocycles. The molecule has 0 fully saturated rings. The summed E-state index contributed by atoms with van der Waals surface area (Å²) in [6.07, 6.45) is 0. The maximum absolute atomic E-state index is 9.02. The van der Waals surface area contributed by atoms with Crippen molar-refractivity contribution >= 4 is 117 Å². The molecule has 122 heavy (non-hydrogen) atoms. The highest BCUT2D eigenvalue weighted by atomic mass is 32.1. The Hall–Kier alpha value is -15.7. The Labute approximate surface area is 725 Å². The van der Waals surface area contributed by atoms with E-state index in [1.165, 1.54) is 0 Å². The van der Waals surface area contributed by atoms with Gasteiger partial charge in [0, 0.05) is 107 Å². The van der Waals surface area contributed by atoms with Gasteiger partial charge in [0.15, 0.2) is 34.9 Å². The van der Waals surface area contributed by atoms with E-state index in [1.807, 2.05) is 115 Å². The molecule has 570 valence electrons. The van der Waals surface area contributed by atoms with E-state index in [0.717, 1.165) is 173 Å². The molecule has 0 aliphatic carbocycles. The van der Waals surface area contributed by atoms with Gasteiger partial charge in [-0.05, 0) is 139 Å². The number of thiophene rings is 2. The molecule has 0 atom stereocenters. The summed E-state index contributed by atoms with van der Waals surface area (Å²) in [4.78, 5) is 30.4. The van der Waals surface area contributed by atoms with E-state index < -0.39 is 36.3 Å². The average Bonchev–Trinajstić information content (AvgIpc) is 1.57. The SMILES string of the molecule is [2H]c1c([2H])c([2H])c(-c2nc(-c3ccc(-c4ccc(-c5ccccc5)cc4)cc3)nc(-c3cc(-n4c5ccccc5c5ccccc54)cc4c3sc3ccc(-c5ccccc5)cc34)n2)c([2H])c1[2H].[2H]c1c([2H])c([2H])c(-c2nc(-c3ccc(-c4cccc5ccccc45)cc3)nc(-c3cc(-n4c5ccccc5c5ccccc54)cc4c3sc3ccc(-c5ccccc5)cc34)n2)c([2H])c1[2H]. The van der Waals surface area contributed by atoms with Crippen LogP contribution in [0, 0.1) is 0 Å². The van der Waals surface area contributed by atoms with E-state index in [9.17, 15) is 0 Å². The van der Waals surface area contributed by atoms with Crippen molar-refractivity contribution < 1.29 is 13.7 Å². The molecular weight excluding hydrogens is 1520 g/mol. The van der Waals surface area contributed by atoms with Gasteiger partial charge in [-0.25, -0.2) is 29.9 Å². The van der Waals surface area contributed by atoms with Crippen molar-refractivity contribution in [2.75, 3.05) is 0 Å². The summed E-state index contributed by atoms with van der Waals surface area (Å²) in [5.74, 6) is 1.22. The molecule has 24 aromatic rings. The van der Waals surface area contributed by atoms with Crippen LogP contribution in [0.15, 0.2) is 424 Å². The summed E-state index contributed by atoms with van der Waals surface area (Å²) in [6, 6.07) is 121. The minimum absolute atomic E-state index is 0.0111. The Morgan fingerprint density at radius 3 is 0.902 bits per heavy atom. The van der Waals surface area contributed by atoms with Gasteiger partial charge >= 0.3 is 0 Å². The monoisotopic (exact) mass is 1600 g/mol. The molecule has 10 heteroatoms. The molecule has 0 amide bonds. The summed E-state index contributed by atoms with van der Waals surface area (Å²) >= 11 is 3.30. The van der Waals surface area contributed by atoms with Crippen LogP contribution in [-0.2, 0) is 0 Å². The maximum atomic E-state index is 9.02. The first-order valence-corrected chi connectivity index (χ1v) is 41.8. The van der Waals surface area contributed by atoms with Crippen molar-refractivity contribution in [3.63, 3.8) is 0 Å². The number of hydrogen-bond acceptors (Lipinski definition) is 8. The molecule has 0 unspecified atom stereocenters. The van der Waals surface area contributed by atoms with E-state index in [-0.39, 0.29) is 46.9 Å². The Morgan fingerprint density at radius 2 is 0.500 bits per heavy atom. The molecule has 0 saturated carbocycles. The van der Waals surface area contributed by atoms with Gasteiger partial charge in [0.05, 0.1) is 35.8 Å². The largest absolute Gasteiger partial charge is 0.309 e. The zero-order valence-corrected chi connectivity index (χ0v) is 66.7. The first-order valence-electron chi connectivity index (χ1n) is 45.2. The Balaban J connectivity index is 0.000000150. The smallest absolute Gasteiger partial charge is 0.165 e. The molecule has 0 saturated heterocycles. The van der Waals surface area contributed by atoms with Gasteiger partial charge in [0.1, 0.15) is 0 Å². The topological polar surface area (TPSA) is 87.2 Å². The van der Waals surface area contributed by atoms with E-state index in [2.05, 4.69) is 258 Å². The third-order valence-electron chi connectivity index (χ3n) is 22.9. The maximum Gasteiger partial charge on any atom is 0.165 e. The molecule has 8 nitrogen and oxygen atoms in total. The van der Waals surface area contributed by atoms with Crippen molar-refractivity contribution in [2.24, 2.45) is 0 Å². The fraction of sp³-hybridized carbons (Fsp3) is 0. The van der Waals surface area contributed by atoms with E-state index in [4.69, 9.17) is 43.6 Å². The molecule has 0 aliphatic rings. The Kier molecular flexibility index (Phi) is 15.3. The number of hydrogen-bond donors (Lipinski definition) is 0. The second-order valence-corrected chi connectivity index (χ2v) is 32.2. The predicted octanol–water partition coefficient (Wildman–Crippen LogP) is 30.2. The average molecular weight is 1600 g/mol. The van der Waals surface area contributed by atoms with Crippen molar-refractivity contribution in [1.82, 2.24) is 39.0 Å². The molecular formula is C112H70N8S2. The van der Waals surface area contributed by atoms with Crippen LogP contribution in [0.4, 0.5) is 0 Å². The van der Waals surface area contributed by atoms with Gasteiger partial charge < -0.3 is 9.13 Å². The molecule has 0 N–H and O–H groups in total. The molecule has 6 aromatic heterocycles. The molecule has 0 radical (unpaired) electrons. The van der Waals surface area contributed by atoms with E-state index in [0.29, 0.717) is 34.4 Å². The normalized spacial score (nSPS) is 12.8. The first kappa shape index (κ1) is 61.6. The molecule has 0 spiro atoms. The minimum atomic E-state index is -0.485. The number of para-hydroxylation sites is 4. The zero-order chi connectivity index (χ0) is 89.3. The Morgan fingerprint density at radius 1 is 0.197 bits per heavy atom. The first-order chi connectivity index (χ1) is 64.6. The fourth-order valence-corrected chi connectivity index (χ4v) is 19.5. The third-order valence-corrected chi connectivity index (χ3v) is 25.4. The number of aromatic nitrogens is 8. The van der Waals surface area contributed by atoms with Gasteiger partial charge in [-0.15, -0.1) is 22.7 Å². The summed E-state index contributed by atoms with van der Waals surface area (Å²) < 4.78 is 95.8. The van der Waals surface area contributed by atoms with E-state index >= 15 is 0 Å². The number of nitrogens with zero attached hydrogens (tertiary/aromatic N) is 8. The van der Waals surface area contributed by atoms with Crippen LogP contribution < -0.4 is 0 Å². The fourth-order valence-electron chi connectivity index (χ4n) is 17.1. The van der Waals surface area contributed by atoms with Crippen LogP contribution in [0.5, 0.6) is 0 Å². The summed E-state index contributed by atoms with van der Waals surface area (Å²) in [5.41, 5.74) is 19.5.